The van der Waals surface area contributed by atoms with Gasteiger partial charge in [-0.1, -0.05) is 77.0 Å². The Bertz CT molecular complexity index is 1150. The summed E-state index contributed by atoms with van der Waals surface area (Å²) in [7, 11) is 0. The van der Waals surface area contributed by atoms with E-state index in [1.807, 2.05) is 20.8 Å². The Kier molecular flexibility index (Phi) is 33.4. The summed E-state index contributed by atoms with van der Waals surface area (Å²) < 4.78 is 32.0. The molecule has 0 fully saturated rings. The molecule has 0 aliphatic rings. The minimum absolute atomic E-state index is 0.0324. The number of hydrogen-bond donors (Lipinski definition) is 4. The van der Waals surface area contributed by atoms with Crippen LogP contribution < -0.4 is 16.0 Å². The molecule has 0 saturated carbocycles. The van der Waals surface area contributed by atoms with E-state index in [1.165, 1.54) is 57.8 Å². The zero-order valence-electron chi connectivity index (χ0n) is 37.2. The zero-order valence-corrected chi connectivity index (χ0v) is 37.2. The Labute approximate surface area is 353 Å². The first-order valence-electron chi connectivity index (χ1n) is 21.8. The molecule has 4 N–H and O–H groups in total. The quantitative estimate of drug-likeness (QED) is 0.0443. The van der Waals surface area contributed by atoms with Crippen molar-refractivity contribution in [3.8, 4) is 0 Å². The molecule has 1 unspecified atom stereocenters. The van der Waals surface area contributed by atoms with Gasteiger partial charge in [0.1, 0.15) is 30.5 Å². The van der Waals surface area contributed by atoms with E-state index in [9.17, 15) is 28.8 Å². The van der Waals surface area contributed by atoms with Crippen LogP contribution in [0.5, 0.6) is 0 Å². The molecule has 0 bridgehead atoms. The molecule has 0 radical (unpaired) electrons. The largest absolute Gasteiger partial charge is 0.481 e. The van der Waals surface area contributed by atoms with Crippen LogP contribution in [0.1, 0.15) is 157 Å². The number of unbranched alkanes of at least 4 members (excludes halogenated alkanes) is 13. The Hall–Kier alpha value is -3.34. The van der Waals surface area contributed by atoms with Gasteiger partial charge in [-0.25, -0.2) is 4.79 Å². The van der Waals surface area contributed by atoms with Crippen LogP contribution in [0.25, 0.3) is 0 Å². The number of ether oxygens (including phenoxy) is 6. The van der Waals surface area contributed by atoms with E-state index in [2.05, 4.69) is 16.0 Å². The van der Waals surface area contributed by atoms with Gasteiger partial charge < -0.3 is 49.5 Å². The lowest BCUT2D eigenvalue weighted by molar-refractivity contribution is -0.159. The Morgan fingerprint density at radius 2 is 0.881 bits per heavy atom. The average molecular weight is 846 g/mol. The fourth-order valence-electron chi connectivity index (χ4n) is 5.63. The second kappa shape index (κ2) is 35.4. The highest BCUT2D eigenvalue weighted by molar-refractivity contribution is 5.85. The molecule has 59 heavy (non-hydrogen) atoms. The second-order valence-electron chi connectivity index (χ2n) is 16.7. The molecule has 0 aromatic rings. The highest BCUT2D eigenvalue weighted by Gasteiger charge is 2.27. The van der Waals surface area contributed by atoms with Gasteiger partial charge in [0.2, 0.25) is 17.7 Å². The third-order valence-electron chi connectivity index (χ3n) is 8.48. The first-order chi connectivity index (χ1) is 28.0. The first-order valence-corrected chi connectivity index (χ1v) is 21.8. The Morgan fingerprint density at radius 3 is 1.34 bits per heavy atom. The van der Waals surface area contributed by atoms with Gasteiger partial charge in [0.25, 0.3) is 0 Å². The molecule has 0 saturated heterocycles. The number of aliphatic carboxylic acids is 1. The van der Waals surface area contributed by atoms with E-state index in [0.717, 1.165) is 32.1 Å². The van der Waals surface area contributed by atoms with Gasteiger partial charge in [-0.3, -0.25) is 24.0 Å². The van der Waals surface area contributed by atoms with Crippen molar-refractivity contribution in [1.82, 2.24) is 16.0 Å². The molecule has 0 aromatic carbocycles. The number of esters is 2. The third kappa shape index (κ3) is 41.2. The third-order valence-corrected chi connectivity index (χ3v) is 8.48. The van der Waals surface area contributed by atoms with Crippen LogP contribution in [0.2, 0.25) is 0 Å². The first kappa shape index (κ1) is 55.7. The van der Waals surface area contributed by atoms with Crippen molar-refractivity contribution in [2.45, 2.75) is 174 Å². The SMILES string of the molecule is CC(C)(C)OC(=O)CCCCCCCCCCCCCCCCC(=O)NCCOCCOCC(=O)NCCOCCOCC(=O)NC(CCC(=O)O)C(=O)OC(C)(C)C. The molecule has 16 nitrogen and oxygen atoms in total. The normalized spacial score (nSPS) is 12.1. The lowest BCUT2D eigenvalue weighted by Gasteiger charge is -2.24. The molecule has 16 heteroatoms. The van der Waals surface area contributed by atoms with E-state index in [1.54, 1.807) is 20.8 Å². The zero-order chi connectivity index (χ0) is 44.2. The van der Waals surface area contributed by atoms with E-state index < -0.39 is 35.1 Å². The summed E-state index contributed by atoms with van der Waals surface area (Å²) in [5.41, 5.74) is -1.19. The van der Waals surface area contributed by atoms with Gasteiger partial charge in [0.15, 0.2) is 0 Å². The van der Waals surface area contributed by atoms with Gasteiger partial charge >= 0.3 is 17.9 Å². The van der Waals surface area contributed by atoms with Crippen molar-refractivity contribution in [2.75, 3.05) is 65.9 Å². The summed E-state index contributed by atoms with van der Waals surface area (Å²) in [4.78, 5) is 71.1. The Morgan fingerprint density at radius 1 is 0.475 bits per heavy atom. The van der Waals surface area contributed by atoms with Crippen LogP contribution in [-0.4, -0.2) is 124 Å². The lowest BCUT2D eigenvalue weighted by Crippen LogP contribution is -2.45. The fourth-order valence-corrected chi connectivity index (χ4v) is 5.63. The number of carboxylic acids is 1. The van der Waals surface area contributed by atoms with E-state index in [-0.39, 0.29) is 76.8 Å². The van der Waals surface area contributed by atoms with Gasteiger partial charge in [-0.05, 0) is 60.8 Å². The van der Waals surface area contributed by atoms with Crippen molar-refractivity contribution in [3.63, 3.8) is 0 Å². The summed E-state index contributed by atoms with van der Waals surface area (Å²) in [6.45, 7) is 12.3. The minimum Gasteiger partial charge on any atom is -0.481 e. The molecular weight excluding hydrogens is 766 g/mol. The molecule has 0 aliphatic heterocycles. The highest BCUT2D eigenvalue weighted by Crippen LogP contribution is 2.15. The summed E-state index contributed by atoms with van der Waals surface area (Å²) in [6, 6.07) is -1.11. The van der Waals surface area contributed by atoms with Crippen molar-refractivity contribution in [3.05, 3.63) is 0 Å². The van der Waals surface area contributed by atoms with Crippen molar-refractivity contribution < 1.29 is 62.3 Å². The predicted molar refractivity (Wildman–Crippen MR) is 224 cm³/mol. The van der Waals surface area contributed by atoms with Crippen LogP contribution in [-0.2, 0) is 57.2 Å². The second-order valence-corrected chi connectivity index (χ2v) is 16.7. The number of carbonyl (C=O) groups is 6. The smallest absolute Gasteiger partial charge is 0.329 e. The summed E-state index contributed by atoms with van der Waals surface area (Å²) in [5.74, 6) is -2.77. The number of carbonyl (C=O) groups excluding carboxylic acids is 5. The Balaban J connectivity index is 3.55. The molecule has 0 rings (SSSR count). The van der Waals surface area contributed by atoms with Crippen LogP contribution in [0.4, 0.5) is 0 Å². The molecule has 0 spiro atoms. The van der Waals surface area contributed by atoms with Crippen LogP contribution in [0.15, 0.2) is 0 Å². The maximum Gasteiger partial charge on any atom is 0.329 e. The number of rotatable bonds is 38. The summed E-state index contributed by atoms with van der Waals surface area (Å²) in [5, 5.41) is 16.9. The molecule has 0 heterocycles. The number of hydrogen-bond acceptors (Lipinski definition) is 12. The molecular formula is C43H79N3O13. The molecule has 344 valence electrons. The van der Waals surface area contributed by atoms with E-state index in [0.29, 0.717) is 32.6 Å². The monoisotopic (exact) mass is 846 g/mol. The van der Waals surface area contributed by atoms with Crippen molar-refractivity contribution in [1.29, 1.82) is 0 Å². The molecule has 1 atom stereocenters. The molecule has 0 aromatic heterocycles. The average Bonchev–Trinajstić information content (AvgIpc) is 3.13. The minimum atomic E-state index is -1.11. The van der Waals surface area contributed by atoms with Crippen LogP contribution in [0.3, 0.4) is 0 Å². The van der Waals surface area contributed by atoms with Gasteiger partial charge in [-0.15, -0.1) is 0 Å². The van der Waals surface area contributed by atoms with E-state index >= 15 is 0 Å². The maximum atomic E-state index is 12.3. The summed E-state index contributed by atoms with van der Waals surface area (Å²) in [6.07, 6.45) is 17.1. The maximum absolute atomic E-state index is 12.3. The molecule has 3 amide bonds. The number of carboxylic acid groups (broad SMARTS) is 1. The predicted octanol–water partition coefficient (Wildman–Crippen LogP) is 5.56. The molecule has 0 aliphatic carbocycles. The van der Waals surface area contributed by atoms with Crippen molar-refractivity contribution in [2.24, 2.45) is 0 Å². The van der Waals surface area contributed by atoms with Crippen molar-refractivity contribution >= 4 is 35.6 Å². The fraction of sp³-hybridized carbons (Fsp3) is 0.860. The van der Waals surface area contributed by atoms with Crippen LogP contribution in [0, 0.1) is 0 Å². The highest BCUT2D eigenvalue weighted by atomic mass is 16.6. The number of nitrogens with one attached hydrogen (secondary N) is 3. The standard InChI is InChI=1S/C43H79N3O13/c1-42(2,3)58-40(52)22-20-18-16-14-12-10-8-7-9-11-13-15-17-19-21-36(47)44-25-27-54-29-31-56-33-37(48)45-26-28-55-30-32-57-34-38(49)46-35(23-24-39(50)51)41(53)59-43(4,5)6/h35H,7-34H2,1-6H3,(H,44,47)(H,45,48)(H,46,49)(H,50,51). The van der Waals surface area contributed by atoms with Gasteiger partial charge in [0, 0.05) is 32.4 Å². The lowest BCUT2D eigenvalue weighted by atomic mass is 10.0. The summed E-state index contributed by atoms with van der Waals surface area (Å²) >= 11 is 0. The topological polar surface area (TPSA) is 214 Å². The number of amides is 3. The van der Waals surface area contributed by atoms with Gasteiger partial charge in [0.05, 0.1) is 39.6 Å². The van der Waals surface area contributed by atoms with E-state index in [4.69, 9.17) is 33.5 Å². The van der Waals surface area contributed by atoms with Gasteiger partial charge in [-0.2, -0.15) is 0 Å². The van der Waals surface area contributed by atoms with Crippen LogP contribution >= 0.6 is 0 Å².